The summed E-state index contributed by atoms with van der Waals surface area (Å²) < 4.78 is 5.74. The molecule has 0 aliphatic carbocycles. The van der Waals surface area contributed by atoms with Gasteiger partial charge in [-0.3, -0.25) is 19.5 Å². The second-order valence-electron chi connectivity index (χ2n) is 8.55. The van der Waals surface area contributed by atoms with Crippen LogP contribution in [-0.2, 0) is 9.59 Å². The van der Waals surface area contributed by atoms with E-state index in [1.54, 1.807) is 42.7 Å². The van der Waals surface area contributed by atoms with E-state index >= 15 is 0 Å². The van der Waals surface area contributed by atoms with Crippen LogP contribution in [0.3, 0.4) is 0 Å². The molecule has 1 amide bonds. The molecule has 1 aromatic heterocycles. The first-order chi connectivity index (χ1) is 16.3. The van der Waals surface area contributed by atoms with Crippen molar-refractivity contribution in [1.29, 1.82) is 0 Å². The van der Waals surface area contributed by atoms with Gasteiger partial charge in [0.2, 0.25) is 0 Å². The summed E-state index contributed by atoms with van der Waals surface area (Å²) in [6.07, 6.45) is 4.11. The summed E-state index contributed by atoms with van der Waals surface area (Å²) in [6.45, 7) is 8.46. The maximum Gasteiger partial charge on any atom is 0.300 e. The molecule has 1 saturated heterocycles. The molecule has 3 aromatic rings. The van der Waals surface area contributed by atoms with E-state index in [-0.39, 0.29) is 11.3 Å². The van der Waals surface area contributed by atoms with Crippen LogP contribution in [0, 0.1) is 20.8 Å². The Morgan fingerprint density at radius 3 is 2.35 bits per heavy atom. The molecule has 2 aromatic carbocycles. The molecule has 6 heteroatoms. The third-order valence-corrected chi connectivity index (χ3v) is 6.14. The molecule has 4 rings (SSSR count). The molecule has 6 nitrogen and oxygen atoms in total. The van der Waals surface area contributed by atoms with Gasteiger partial charge in [0, 0.05) is 23.6 Å². The van der Waals surface area contributed by atoms with Crippen LogP contribution in [0.1, 0.15) is 47.2 Å². The summed E-state index contributed by atoms with van der Waals surface area (Å²) in [5.74, 6) is -0.885. The van der Waals surface area contributed by atoms with Crippen LogP contribution >= 0.6 is 0 Å². The Labute approximate surface area is 199 Å². The van der Waals surface area contributed by atoms with Gasteiger partial charge in [0.1, 0.15) is 11.5 Å². The van der Waals surface area contributed by atoms with E-state index in [1.807, 2.05) is 45.9 Å². The molecule has 174 valence electrons. The predicted octanol–water partition coefficient (Wildman–Crippen LogP) is 5.42. The Bertz CT molecular complexity index is 1280. The smallest absolute Gasteiger partial charge is 0.300 e. The molecule has 2 heterocycles. The first-order valence-corrected chi connectivity index (χ1v) is 11.4. The molecule has 0 radical (unpaired) electrons. The van der Waals surface area contributed by atoms with Crippen molar-refractivity contribution >= 4 is 23.1 Å². The SMILES string of the molecule is CCCOc1ccc(/C(O)=C2\C(=O)C(=O)N(c3ccc(C)c(C)c3)C2c2ccncc2)cc1C. The molecule has 1 aliphatic heterocycles. The van der Waals surface area contributed by atoms with Crippen LogP contribution in [-0.4, -0.2) is 28.4 Å². The van der Waals surface area contributed by atoms with Crippen molar-refractivity contribution in [3.05, 3.63) is 94.3 Å². The quantitative estimate of drug-likeness (QED) is 0.304. The van der Waals surface area contributed by atoms with Gasteiger partial charge in [-0.05, 0) is 91.9 Å². The molecule has 1 fully saturated rings. The number of carbonyl (C=O) groups is 2. The number of aliphatic hydroxyl groups is 1. The van der Waals surface area contributed by atoms with E-state index in [2.05, 4.69) is 4.98 Å². The molecule has 1 N–H and O–H groups in total. The second-order valence-corrected chi connectivity index (χ2v) is 8.55. The number of pyridine rings is 1. The highest BCUT2D eigenvalue weighted by Gasteiger charge is 2.47. The van der Waals surface area contributed by atoms with Crippen LogP contribution < -0.4 is 9.64 Å². The van der Waals surface area contributed by atoms with Gasteiger partial charge in [-0.2, -0.15) is 0 Å². The highest BCUT2D eigenvalue weighted by molar-refractivity contribution is 6.51. The van der Waals surface area contributed by atoms with Gasteiger partial charge < -0.3 is 9.84 Å². The lowest BCUT2D eigenvalue weighted by atomic mass is 9.95. The van der Waals surface area contributed by atoms with Crippen molar-refractivity contribution in [3.63, 3.8) is 0 Å². The number of anilines is 1. The number of ketones is 1. The van der Waals surface area contributed by atoms with Crippen LogP contribution in [0.2, 0.25) is 0 Å². The summed E-state index contributed by atoms with van der Waals surface area (Å²) in [7, 11) is 0. The summed E-state index contributed by atoms with van der Waals surface area (Å²) in [6, 6.07) is 13.6. The number of aryl methyl sites for hydroxylation is 3. The Hall–Kier alpha value is -3.93. The third kappa shape index (κ3) is 4.19. The van der Waals surface area contributed by atoms with Crippen molar-refractivity contribution in [2.24, 2.45) is 0 Å². The number of amides is 1. The van der Waals surface area contributed by atoms with Crippen molar-refractivity contribution in [2.75, 3.05) is 11.5 Å². The number of Topliss-reactive ketones (excluding diaryl/α,β-unsaturated/α-hetero) is 1. The van der Waals surface area contributed by atoms with Crippen molar-refractivity contribution < 1.29 is 19.4 Å². The number of aliphatic hydroxyl groups excluding tert-OH is 1. The van der Waals surface area contributed by atoms with E-state index in [4.69, 9.17) is 4.74 Å². The van der Waals surface area contributed by atoms with Crippen molar-refractivity contribution in [1.82, 2.24) is 4.98 Å². The lowest BCUT2D eigenvalue weighted by Crippen LogP contribution is -2.29. The number of nitrogens with zero attached hydrogens (tertiary/aromatic N) is 2. The van der Waals surface area contributed by atoms with Crippen LogP contribution in [0.5, 0.6) is 5.75 Å². The number of ether oxygens (including phenoxy) is 1. The van der Waals surface area contributed by atoms with Gasteiger partial charge in [0.05, 0.1) is 18.2 Å². The fourth-order valence-electron chi connectivity index (χ4n) is 4.16. The van der Waals surface area contributed by atoms with E-state index < -0.39 is 17.7 Å². The van der Waals surface area contributed by atoms with Crippen LogP contribution in [0.15, 0.2) is 66.5 Å². The first-order valence-electron chi connectivity index (χ1n) is 11.4. The van der Waals surface area contributed by atoms with Gasteiger partial charge in [-0.15, -0.1) is 0 Å². The number of aromatic nitrogens is 1. The Kier molecular flexibility index (Phi) is 6.50. The third-order valence-electron chi connectivity index (χ3n) is 6.14. The van der Waals surface area contributed by atoms with Gasteiger partial charge in [0.15, 0.2) is 0 Å². The molecule has 0 bridgehead atoms. The highest BCUT2D eigenvalue weighted by Crippen LogP contribution is 2.42. The Morgan fingerprint density at radius 2 is 1.71 bits per heavy atom. The van der Waals surface area contributed by atoms with E-state index in [9.17, 15) is 14.7 Å². The van der Waals surface area contributed by atoms with Crippen molar-refractivity contribution in [2.45, 2.75) is 40.2 Å². The fourth-order valence-corrected chi connectivity index (χ4v) is 4.16. The highest BCUT2D eigenvalue weighted by atomic mass is 16.5. The second kappa shape index (κ2) is 9.51. The van der Waals surface area contributed by atoms with Gasteiger partial charge in [0.25, 0.3) is 11.7 Å². The number of hydrogen-bond acceptors (Lipinski definition) is 5. The molecule has 0 spiro atoms. The maximum absolute atomic E-state index is 13.3. The zero-order chi connectivity index (χ0) is 24.4. The van der Waals surface area contributed by atoms with Gasteiger partial charge in [-0.1, -0.05) is 13.0 Å². The zero-order valence-electron chi connectivity index (χ0n) is 19.8. The molecular weight excluding hydrogens is 428 g/mol. The summed E-state index contributed by atoms with van der Waals surface area (Å²) in [5, 5.41) is 11.3. The van der Waals surface area contributed by atoms with Crippen molar-refractivity contribution in [3.8, 4) is 5.75 Å². The minimum Gasteiger partial charge on any atom is -0.507 e. The predicted molar refractivity (Wildman–Crippen MR) is 132 cm³/mol. The minimum atomic E-state index is -0.776. The topological polar surface area (TPSA) is 79.7 Å². The molecule has 1 aliphatic rings. The fraction of sp³-hybridized carbons (Fsp3) is 0.250. The van der Waals surface area contributed by atoms with E-state index in [1.165, 1.54) is 4.90 Å². The average Bonchev–Trinajstić information content (AvgIpc) is 3.10. The Balaban J connectivity index is 1.87. The molecule has 1 atom stereocenters. The summed E-state index contributed by atoms with van der Waals surface area (Å²) in [4.78, 5) is 32.1. The number of benzene rings is 2. The Morgan fingerprint density at radius 1 is 0.971 bits per heavy atom. The molecule has 34 heavy (non-hydrogen) atoms. The maximum atomic E-state index is 13.3. The lowest BCUT2D eigenvalue weighted by molar-refractivity contribution is -0.132. The summed E-state index contributed by atoms with van der Waals surface area (Å²) in [5.41, 5.74) is 4.72. The minimum absolute atomic E-state index is 0.0519. The van der Waals surface area contributed by atoms with Crippen LogP contribution in [0.25, 0.3) is 5.76 Å². The first kappa shape index (κ1) is 23.2. The van der Waals surface area contributed by atoms with Gasteiger partial charge in [-0.25, -0.2) is 0 Å². The number of hydrogen-bond donors (Lipinski definition) is 1. The summed E-state index contributed by atoms with van der Waals surface area (Å²) >= 11 is 0. The molecule has 0 saturated carbocycles. The zero-order valence-corrected chi connectivity index (χ0v) is 19.8. The standard InChI is InChI=1S/C28H28N2O4/c1-5-14-34-23-9-7-21(15-19(23)4)26(31)24-25(20-10-12-29-13-11-20)30(28(33)27(24)32)22-8-6-17(2)18(3)16-22/h6-13,15-16,25,31H,5,14H2,1-4H3/b26-24+. The monoisotopic (exact) mass is 456 g/mol. The normalized spacial score (nSPS) is 17.3. The number of rotatable bonds is 6. The molecule has 1 unspecified atom stereocenters. The van der Waals surface area contributed by atoms with Crippen LogP contribution in [0.4, 0.5) is 5.69 Å². The average molecular weight is 457 g/mol. The molecular formula is C28H28N2O4. The largest absolute Gasteiger partial charge is 0.507 e. The van der Waals surface area contributed by atoms with Gasteiger partial charge >= 0.3 is 0 Å². The number of carbonyl (C=O) groups excluding carboxylic acids is 2. The van der Waals surface area contributed by atoms with E-state index in [0.717, 1.165) is 28.9 Å². The lowest BCUT2D eigenvalue weighted by Gasteiger charge is -2.26. The van der Waals surface area contributed by atoms with E-state index in [0.29, 0.717) is 23.4 Å².